The minimum Gasteiger partial charge on any atom is -0.481 e. The Morgan fingerprint density at radius 1 is 1.59 bits per heavy atom. The van der Waals surface area contributed by atoms with Gasteiger partial charge in [0.1, 0.15) is 0 Å². The summed E-state index contributed by atoms with van der Waals surface area (Å²) in [5.41, 5.74) is 1.99. The van der Waals surface area contributed by atoms with E-state index in [-0.39, 0.29) is 6.04 Å². The third kappa shape index (κ3) is 2.34. The zero-order chi connectivity index (χ0) is 12.3. The zero-order valence-electron chi connectivity index (χ0n) is 10.3. The van der Waals surface area contributed by atoms with E-state index in [0.717, 1.165) is 23.7 Å². The molecule has 0 aromatic carbocycles. The first-order chi connectivity index (χ1) is 8.26. The maximum absolute atomic E-state index is 5.22. The van der Waals surface area contributed by atoms with Gasteiger partial charge in [-0.1, -0.05) is 6.92 Å². The molecular formula is C12H17N3O2. The van der Waals surface area contributed by atoms with Crippen molar-refractivity contribution >= 4 is 0 Å². The number of hydrogen-bond acceptors (Lipinski definition) is 4. The lowest BCUT2D eigenvalue weighted by Gasteiger charge is -2.13. The van der Waals surface area contributed by atoms with Crippen molar-refractivity contribution in [1.82, 2.24) is 15.1 Å². The maximum Gasteiger partial charge on any atom is 0.211 e. The Bertz CT molecular complexity index is 462. The van der Waals surface area contributed by atoms with E-state index in [1.54, 1.807) is 24.3 Å². The van der Waals surface area contributed by atoms with E-state index in [2.05, 4.69) is 17.3 Å². The first-order valence-electron chi connectivity index (χ1n) is 5.59. The van der Waals surface area contributed by atoms with Crippen LogP contribution in [0.1, 0.15) is 24.2 Å². The van der Waals surface area contributed by atoms with Crippen molar-refractivity contribution in [2.24, 2.45) is 7.05 Å². The summed E-state index contributed by atoms with van der Waals surface area (Å²) < 4.78 is 12.1. The van der Waals surface area contributed by atoms with Crippen molar-refractivity contribution < 1.29 is 9.15 Å². The molecule has 2 aromatic rings. The number of ether oxygens (including phenoxy) is 1. The predicted octanol–water partition coefficient (Wildman–Crippen LogP) is 1.72. The summed E-state index contributed by atoms with van der Waals surface area (Å²) >= 11 is 0. The molecule has 5 heteroatoms. The van der Waals surface area contributed by atoms with E-state index in [1.165, 1.54) is 0 Å². The van der Waals surface area contributed by atoms with E-state index in [0.29, 0.717) is 0 Å². The lowest BCUT2D eigenvalue weighted by molar-refractivity contribution is 0.373. The summed E-state index contributed by atoms with van der Waals surface area (Å²) in [6.07, 6.45) is 3.40. The van der Waals surface area contributed by atoms with Crippen molar-refractivity contribution in [3.63, 3.8) is 0 Å². The van der Waals surface area contributed by atoms with E-state index in [1.807, 2.05) is 19.2 Å². The highest BCUT2D eigenvalue weighted by molar-refractivity contribution is 5.27. The Hall–Kier alpha value is -1.75. The quantitative estimate of drug-likeness (QED) is 0.857. The molecule has 0 amide bonds. The SMILES string of the molecule is CCNC(c1ccoc1)c1cc(OC)n(C)n1. The molecule has 5 nitrogen and oxygen atoms in total. The van der Waals surface area contributed by atoms with Crippen LogP contribution in [-0.4, -0.2) is 23.4 Å². The summed E-state index contributed by atoms with van der Waals surface area (Å²) in [4.78, 5) is 0. The number of aromatic nitrogens is 2. The molecule has 2 heterocycles. The number of aryl methyl sites for hydroxylation is 1. The number of methoxy groups -OCH3 is 1. The fourth-order valence-corrected chi connectivity index (χ4v) is 1.84. The van der Waals surface area contributed by atoms with Gasteiger partial charge in [-0.05, 0) is 12.6 Å². The van der Waals surface area contributed by atoms with Crippen molar-refractivity contribution in [3.8, 4) is 5.88 Å². The number of hydrogen-bond donors (Lipinski definition) is 1. The summed E-state index contributed by atoms with van der Waals surface area (Å²) in [5, 5.41) is 7.82. The summed E-state index contributed by atoms with van der Waals surface area (Å²) in [6, 6.07) is 3.91. The molecule has 0 saturated heterocycles. The molecule has 0 aliphatic heterocycles. The van der Waals surface area contributed by atoms with Gasteiger partial charge in [0.25, 0.3) is 0 Å². The fourth-order valence-electron chi connectivity index (χ4n) is 1.84. The van der Waals surface area contributed by atoms with E-state index < -0.39 is 0 Å². The number of nitrogens with zero attached hydrogens (tertiary/aromatic N) is 2. The predicted molar refractivity (Wildman–Crippen MR) is 64.0 cm³/mol. The van der Waals surface area contributed by atoms with Crippen LogP contribution in [0.2, 0.25) is 0 Å². The van der Waals surface area contributed by atoms with Gasteiger partial charge in [0.15, 0.2) is 0 Å². The average molecular weight is 235 g/mol. The highest BCUT2D eigenvalue weighted by Gasteiger charge is 2.18. The molecule has 0 spiro atoms. The Morgan fingerprint density at radius 3 is 2.94 bits per heavy atom. The molecule has 2 rings (SSSR count). The van der Waals surface area contributed by atoms with Crippen molar-refractivity contribution in [1.29, 1.82) is 0 Å². The standard InChI is InChI=1S/C12H17N3O2/c1-4-13-12(9-5-6-17-8-9)10-7-11(16-3)15(2)14-10/h5-8,12-13H,4H2,1-3H3. The van der Waals surface area contributed by atoms with Crippen LogP contribution in [0.15, 0.2) is 29.1 Å². The molecule has 0 aliphatic carbocycles. The average Bonchev–Trinajstić information content (AvgIpc) is 2.95. The minimum absolute atomic E-state index is 0.0360. The normalized spacial score (nSPS) is 12.6. The maximum atomic E-state index is 5.22. The van der Waals surface area contributed by atoms with Gasteiger partial charge in [-0.25, -0.2) is 4.68 Å². The number of nitrogens with one attached hydrogen (secondary N) is 1. The Kier molecular flexibility index (Phi) is 3.49. The van der Waals surface area contributed by atoms with Crippen molar-refractivity contribution in [2.75, 3.05) is 13.7 Å². The summed E-state index contributed by atoms with van der Waals surface area (Å²) in [7, 11) is 3.50. The first-order valence-corrected chi connectivity index (χ1v) is 5.59. The summed E-state index contributed by atoms with van der Waals surface area (Å²) in [5.74, 6) is 0.742. The van der Waals surface area contributed by atoms with Gasteiger partial charge in [0, 0.05) is 18.7 Å². The van der Waals surface area contributed by atoms with Gasteiger partial charge in [-0.15, -0.1) is 0 Å². The molecule has 0 saturated carbocycles. The third-order valence-corrected chi connectivity index (χ3v) is 2.65. The Morgan fingerprint density at radius 2 is 2.41 bits per heavy atom. The molecule has 1 N–H and O–H groups in total. The second-order valence-corrected chi connectivity index (χ2v) is 3.78. The highest BCUT2D eigenvalue weighted by atomic mass is 16.5. The van der Waals surface area contributed by atoms with Gasteiger partial charge in [0.05, 0.1) is 31.4 Å². The van der Waals surface area contributed by atoms with Gasteiger partial charge in [-0.2, -0.15) is 5.10 Å². The van der Waals surface area contributed by atoms with Gasteiger partial charge < -0.3 is 14.5 Å². The molecule has 0 fully saturated rings. The van der Waals surface area contributed by atoms with Crippen molar-refractivity contribution in [3.05, 3.63) is 35.9 Å². The van der Waals surface area contributed by atoms with Crippen molar-refractivity contribution in [2.45, 2.75) is 13.0 Å². The summed E-state index contributed by atoms with van der Waals surface area (Å²) in [6.45, 7) is 2.92. The van der Waals surface area contributed by atoms with Crippen LogP contribution in [0.3, 0.4) is 0 Å². The number of furan rings is 1. The van der Waals surface area contributed by atoms with Gasteiger partial charge in [-0.3, -0.25) is 0 Å². The highest BCUT2D eigenvalue weighted by Crippen LogP contribution is 2.24. The molecule has 1 unspecified atom stereocenters. The molecule has 0 bridgehead atoms. The van der Waals surface area contributed by atoms with Crippen LogP contribution in [0, 0.1) is 0 Å². The van der Waals surface area contributed by atoms with E-state index >= 15 is 0 Å². The molecule has 17 heavy (non-hydrogen) atoms. The monoisotopic (exact) mass is 235 g/mol. The van der Waals surface area contributed by atoms with Gasteiger partial charge >= 0.3 is 0 Å². The molecule has 92 valence electrons. The lowest BCUT2D eigenvalue weighted by atomic mass is 10.1. The first kappa shape index (κ1) is 11.7. The third-order valence-electron chi connectivity index (χ3n) is 2.65. The molecule has 0 radical (unpaired) electrons. The van der Waals surface area contributed by atoms with Crippen LogP contribution in [0.25, 0.3) is 0 Å². The smallest absolute Gasteiger partial charge is 0.211 e. The fraction of sp³-hybridized carbons (Fsp3) is 0.417. The largest absolute Gasteiger partial charge is 0.481 e. The zero-order valence-corrected chi connectivity index (χ0v) is 10.3. The molecule has 0 aliphatic rings. The second kappa shape index (κ2) is 5.05. The number of rotatable bonds is 5. The van der Waals surface area contributed by atoms with Crippen LogP contribution in [0.5, 0.6) is 5.88 Å². The molecule has 1 atom stereocenters. The molecule has 2 aromatic heterocycles. The lowest BCUT2D eigenvalue weighted by Crippen LogP contribution is -2.22. The van der Waals surface area contributed by atoms with Crippen LogP contribution in [0.4, 0.5) is 0 Å². The van der Waals surface area contributed by atoms with Crippen LogP contribution in [-0.2, 0) is 7.05 Å². The van der Waals surface area contributed by atoms with E-state index in [4.69, 9.17) is 9.15 Å². The van der Waals surface area contributed by atoms with Crippen LogP contribution >= 0.6 is 0 Å². The Balaban J connectivity index is 2.32. The molecular weight excluding hydrogens is 218 g/mol. The second-order valence-electron chi connectivity index (χ2n) is 3.78. The topological polar surface area (TPSA) is 52.2 Å². The van der Waals surface area contributed by atoms with Crippen LogP contribution < -0.4 is 10.1 Å². The van der Waals surface area contributed by atoms with E-state index in [9.17, 15) is 0 Å². The minimum atomic E-state index is 0.0360. The Labute approximate surface area is 100 Å². The van der Waals surface area contributed by atoms with Gasteiger partial charge in [0.2, 0.25) is 5.88 Å².